The minimum Gasteiger partial charge on any atom is -0.802 e. The minimum atomic E-state index is -4.65. The van der Waals surface area contributed by atoms with E-state index in [9.17, 15) is 28.4 Å². The normalized spacial score (nSPS) is 11.3. The van der Waals surface area contributed by atoms with Crippen molar-refractivity contribution in [2.24, 2.45) is 0 Å². The van der Waals surface area contributed by atoms with Gasteiger partial charge < -0.3 is 15.1 Å². The van der Waals surface area contributed by atoms with Crippen molar-refractivity contribution < 1.29 is 47.6 Å². The van der Waals surface area contributed by atoms with Crippen molar-refractivity contribution in [3.63, 3.8) is 0 Å². The van der Waals surface area contributed by atoms with Gasteiger partial charge in [0.1, 0.15) is 5.52 Å². The molecule has 0 saturated carbocycles. The predicted octanol–water partition coefficient (Wildman–Crippen LogP) is -2.60. The number of hydrogen-bond acceptors (Lipinski definition) is 4. The number of fused-ring (bicyclic) bond motifs is 1. The monoisotopic (exact) mass is 269 g/mol. The Morgan fingerprint density at radius 1 is 1.33 bits per heavy atom. The maximum Gasteiger partial charge on any atom is 1.00 e. The van der Waals surface area contributed by atoms with Crippen LogP contribution in [0.2, 0.25) is 0 Å². The molecule has 0 aliphatic carbocycles. The second-order valence-corrected chi connectivity index (χ2v) is 3.15. The van der Waals surface area contributed by atoms with Crippen LogP contribution in [0, 0.1) is 10.4 Å². The third-order valence-electron chi connectivity index (χ3n) is 2.08. The SMILES string of the molecule is O=c1n[n+]([O-])c2cc(C(F)(F)F)ccc2n1[O-].[Na+]. The van der Waals surface area contributed by atoms with Crippen molar-refractivity contribution in [2.75, 3.05) is 0 Å². The fraction of sp³-hybridized carbons (Fsp3) is 0.125. The van der Waals surface area contributed by atoms with Crippen LogP contribution in [-0.2, 0) is 6.18 Å². The van der Waals surface area contributed by atoms with Gasteiger partial charge in [-0.1, -0.05) is 0 Å². The maximum absolute atomic E-state index is 12.3. The van der Waals surface area contributed by atoms with Gasteiger partial charge in [0.2, 0.25) is 0 Å². The Labute approximate surface area is 119 Å². The molecule has 90 valence electrons. The van der Waals surface area contributed by atoms with E-state index >= 15 is 0 Å². The van der Waals surface area contributed by atoms with E-state index in [1.165, 1.54) is 0 Å². The van der Waals surface area contributed by atoms with Gasteiger partial charge in [-0.15, -0.1) is 0 Å². The zero-order chi connectivity index (χ0) is 12.8. The molecule has 18 heavy (non-hydrogen) atoms. The van der Waals surface area contributed by atoms with Crippen LogP contribution in [0.3, 0.4) is 0 Å². The van der Waals surface area contributed by atoms with E-state index < -0.39 is 28.5 Å². The molecule has 0 unspecified atom stereocenters. The van der Waals surface area contributed by atoms with E-state index in [2.05, 4.69) is 5.10 Å². The standard InChI is InChI=1S/C8H3F3N3O3.Na/c9-8(10,11)4-1-2-5-6(3-4)14(17)12-7(15)13(5)16;/h1-3H;/q-1;+1. The van der Waals surface area contributed by atoms with Crippen LogP contribution >= 0.6 is 0 Å². The topological polar surface area (TPSA) is 84.9 Å². The third kappa shape index (κ3) is 2.42. The first-order valence-electron chi connectivity index (χ1n) is 4.22. The fourth-order valence-electron chi connectivity index (χ4n) is 1.30. The first-order chi connectivity index (χ1) is 7.80. The second kappa shape index (κ2) is 4.75. The summed E-state index contributed by atoms with van der Waals surface area (Å²) in [5.74, 6) is 0. The van der Waals surface area contributed by atoms with Gasteiger partial charge in [0.05, 0.1) is 10.7 Å². The summed E-state index contributed by atoms with van der Waals surface area (Å²) in [6.07, 6.45) is -4.65. The second-order valence-electron chi connectivity index (χ2n) is 3.15. The number of aromatic nitrogens is 3. The number of hydrogen-bond donors (Lipinski definition) is 0. The van der Waals surface area contributed by atoms with E-state index in [1.807, 2.05) is 0 Å². The Hall–Kier alpha value is -1.32. The molecule has 10 heteroatoms. The maximum atomic E-state index is 12.3. The number of benzene rings is 1. The Morgan fingerprint density at radius 2 is 1.94 bits per heavy atom. The summed E-state index contributed by atoms with van der Waals surface area (Å²) in [7, 11) is 0. The van der Waals surface area contributed by atoms with E-state index in [1.54, 1.807) is 0 Å². The fourth-order valence-corrected chi connectivity index (χ4v) is 1.30. The molecule has 0 aliphatic rings. The van der Waals surface area contributed by atoms with Gasteiger partial charge in [-0.3, -0.25) is 0 Å². The molecule has 1 aromatic carbocycles. The average molecular weight is 269 g/mol. The van der Waals surface area contributed by atoms with Crippen LogP contribution in [0.4, 0.5) is 13.2 Å². The largest absolute Gasteiger partial charge is 1.00 e. The Balaban J connectivity index is 0.00000162. The van der Waals surface area contributed by atoms with Gasteiger partial charge >= 0.3 is 41.4 Å². The molecule has 0 fully saturated rings. The first-order valence-corrected chi connectivity index (χ1v) is 4.22. The zero-order valence-corrected chi connectivity index (χ0v) is 10.9. The van der Waals surface area contributed by atoms with Crippen LogP contribution in [0.1, 0.15) is 5.56 Å². The van der Waals surface area contributed by atoms with Gasteiger partial charge in [0.15, 0.2) is 0 Å². The predicted molar refractivity (Wildman–Crippen MR) is 48.7 cm³/mol. The van der Waals surface area contributed by atoms with E-state index in [0.717, 1.165) is 6.07 Å². The van der Waals surface area contributed by atoms with Crippen molar-refractivity contribution in [1.29, 1.82) is 0 Å². The molecule has 0 amide bonds. The van der Waals surface area contributed by atoms with Crippen LogP contribution in [-0.4, -0.2) is 9.83 Å². The van der Waals surface area contributed by atoms with Gasteiger partial charge in [-0.25, -0.2) is 4.79 Å². The van der Waals surface area contributed by atoms with Crippen LogP contribution in [0.25, 0.3) is 11.0 Å². The molecule has 0 atom stereocenters. The Morgan fingerprint density at radius 3 is 2.50 bits per heavy atom. The average Bonchev–Trinajstić information content (AvgIpc) is 2.24. The minimum absolute atomic E-state index is 0. The van der Waals surface area contributed by atoms with Crippen molar-refractivity contribution >= 4 is 11.0 Å². The van der Waals surface area contributed by atoms with Gasteiger partial charge in [-0.2, -0.15) is 13.2 Å². The van der Waals surface area contributed by atoms with Crippen molar-refractivity contribution in [3.05, 3.63) is 44.7 Å². The molecule has 0 aliphatic heterocycles. The van der Waals surface area contributed by atoms with E-state index in [-0.39, 0.29) is 39.1 Å². The number of nitrogens with zero attached hydrogens (tertiary/aromatic N) is 3. The zero-order valence-electron chi connectivity index (χ0n) is 8.93. The molecule has 2 rings (SSSR count). The third-order valence-corrected chi connectivity index (χ3v) is 2.08. The van der Waals surface area contributed by atoms with Gasteiger partial charge in [0.25, 0.3) is 5.52 Å². The summed E-state index contributed by atoms with van der Waals surface area (Å²) < 4.78 is 36.8. The summed E-state index contributed by atoms with van der Waals surface area (Å²) in [5.41, 5.74) is -3.57. The summed E-state index contributed by atoms with van der Waals surface area (Å²) in [6, 6.07) is 1.82. The van der Waals surface area contributed by atoms with Crippen molar-refractivity contribution in [2.45, 2.75) is 6.18 Å². The van der Waals surface area contributed by atoms with E-state index in [4.69, 9.17) is 0 Å². The van der Waals surface area contributed by atoms with Crippen LogP contribution in [0.5, 0.6) is 0 Å². The van der Waals surface area contributed by atoms with E-state index in [0.29, 0.717) is 12.1 Å². The Kier molecular flexibility index (Phi) is 3.89. The van der Waals surface area contributed by atoms with Crippen LogP contribution in [0.15, 0.2) is 23.0 Å². The molecule has 0 N–H and O–H groups in total. The number of rotatable bonds is 0. The van der Waals surface area contributed by atoms with Gasteiger partial charge in [0, 0.05) is 6.07 Å². The smallest absolute Gasteiger partial charge is 0.802 e. The molecule has 2 aromatic rings. The molecular weight excluding hydrogens is 266 g/mol. The van der Waals surface area contributed by atoms with Gasteiger partial charge in [-0.05, 0) is 17.0 Å². The molecule has 0 spiro atoms. The summed E-state index contributed by atoms with van der Waals surface area (Å²) in [4.78, 5) is 10.5. The Bertz CT molecular complexity index is 656. The number of alkyl halides is 3. The quantitative estimate of drug-likeness (QED) is 0.298. The summed E-state index contributed by atoms with van der Waals surface area (Å²) >= 11 is 0. The molecule has 0 radical (unpaired) electrons. The summed E-state index contributed by atoms with van der Waals surface area (Å²) in [5, 5.41) is 25.0. The molecule has 0 bridgehead atoms. The first kappa shape index (κ1) is 14.7. The van der Waals surface area contributed by atoms with Crippen molar-refractivity contribution in [3.8, 4) is 0 Å². The molecule has 1 heterocycles. The van der Waals surface area contributed by atoms with Crippen LogP contribution < -0.4 is 40.1 Å². The molecule has 0 saturated heterocycles. The molecule has 6 nitrogen and oxygen atoms in total. The number of halogens is 3. The van der Waals surface area contributed by atoms with Crippen molar-refractivity contribution in [1.82, 2.24) is 9.83 Å². The summed E-state index contributed by atoms with van der Waals surface area (Å²) in [6.45, 7) is 0. The molecule has 1 aromatic heterocycles. The molecular formula is C8H3F3N3NaO3.